The van der Waals surface area contributed by atoms with Gasteiger partial charge in [0.15, 0.2) is 0 Å². The van der Waals surface area contributed by atoms with Crippen LogP contribution in [-0.4, -0.2) is 29.9 Å². The summed E-state index contributed by atoms with van der Waals surface area (Å²) in [6, 6.07) is 7.66. The highest BCUT2D eigenvalue weighted by Gasteiger charge is 2.26. The van der Waals surface area contributed by atoms with Crippen LogP contribution < -0.4 is 5.32 Å². The number of hydrogen-bond acceptors (Lipinski definition) is 3. The number of amides is 1. The molecule has 21 heavy (non-hydrogen) atoms. The van der Waals surface area contributed by atoms with Gasteiger partial charge < -0.3 is 10.4 Å². The van der Waals surface area contributed by atoms with Gasteiger partial charge in [0.1, 0.15) is 0 Å². The van der Waals surface area contributed by atoms with E-state index in [2.05, 4.69) is 5.32 Å². The molecule has 3 nitrogen and oxygen atoms in total. The van der Waals surface area contributed by atoms with Crippen LogP contribution in [0.1, 0.15) is 25.7 Å². The van der Waals surface area contributed by atoms with Crippen molar-refractivity contribution >= 4 is 29.3 Å². The zero-order valence-electron chi connectivity index (χ0n) is 12.1. The van der Waals surface area contributed by atoms with E-state index in [1.54, 1.807) is 11.8 Å². The molecule has 1 aliphatic rings. The first-order valence-electron chi connectivity index (χ1n) is 7.45. The van der Waals surface area contributed by atoms with E-state index >= 15 is 0 Å². The van der Waals surface area contributed by atoms with Gasteiger partial charge in [-0.15, -0.1) is 11.8 Å². The summed E-state index contributed by atoms with van der Waals surface area (Å²) in [6.45, 7) is 0.947. The minimum Gasteiger partial charge on any atom is -0.396 e. The van der Waals surface area contributed by atoms with E-state index in [9.17, 15) is 9.90 Å². The lowest BCUT2D eigenvalue weighted by molar-refractivity contribution is -0.120. The maximum atomic E-state index is 11.8. The van der Waals surface area contributed by atoms with Crippen molar-refractivity contribution in [1.82, 2.24) is 5.32 Å². The zero-order chi connectivity index (χ0) is 15.1. The van der Waals surface area contributed by atoms with Crippen molar-refractivity contribution in [1.29, 1.82) is 0 Å². The van der Waals surface area contributed by atoms with Gasteiger partial charge in [-0.2, -0.15) is 0 Å². The minimum absolute atomic E-state index is 0.0973. The fourth-order valence-electron chi connectivity index (χ4n) is 2.75. The molecule has 2 unspecified atom stereocenters. The monoisotopic (exact) mass is 327 g/mol. The first kappa shape index (κ1) is 16.7. The van der Waals surface area contributed by atoms with Gasteiger partial charge in [0.05, 0.1) is 0 Å². The number of halogens is 1. The molecule has 1 aromatic rings. The highest BCUT2D eigenvalue weighted by molar-refractivity contribution is 7.99. The van der Waals surface area contributed by atoms with Crippen molar-refractivity contribution in [2.45, 2.75) is 30.6 Å². The Hall–Kier alpha value is -0.710. The molecule has 1 amide bonds. The van der Waals surface area contributed by atoms with Crippen molar-refractivity contribution in [3.63, 3.8) is 0 Å². The molecular weight excluding hydrogens is 306 g/mol. The third-order valence-electron chi connectivity index (χ3n) is 4.02. The van der Waals surface area contributed by atoms with Crippen LogP contribution in [0, 0.1) is 11.8 Å². The number of hydrogen-bond donors (Lipinski definition) is 2. The second-order valence-electron chi connectivity index (χ2n) is 5.49. The predicted molar refractivity (Wildman–Crippen MR) is 87.7 cm³/mol. The topological polar surface area (TPSA) is 49.3 Å². The van der Waals surface area contributed by atoms with E-state index < -0.39 is 0 Å². The van der Waals surface area contributed by atoms with Crippen LogP contribution in [0.15, 0.2) is 29.2 Å². The molecule has 1 saturated carbocycles. The quantitative estimate of drug-likeness (QED) is 0.755. The number of thioether (sulfide) groups is 1. The Morgan fingerprint density at radius 1 is 1.29 bits per heavy atom. The van der Waals surface area contributed by atoms with Crippen molar-refractivity contribution in [2.75, 3.05) is 18.9 Å². The summed E-state index contributed by atoms with van der Waals surface area (Å²) in [6.07, 6.45) is 3.89. The first-order valence-corrected chi connectivity index (χ1v) is 8.81. The van der Waals surface area contributed by atoms with Crippen molar-refractivity contribution in [2.24, 2.45) is 11.8 Å². The summed E-state index contributed by atoms with van der Waals surface area (Å²) < 4.78 is 0. The lowest BCUT2D eigenvalue weighted by Gasteiger charge is -2.17. The number of benzene rings is 1. The predicted octanol–water partition coefficient (Wildman–Crippen LogP) is 3.35. The van der Waals surface area contributed by atoms with Crippen molar-refractivity contribution in [3.05, 3.63) is 29.3 Å². The minimum atomic E-state index is 0.0973. The Morgan fingerprint density at radius 3 is 2.71 bits per heavy atom. The summed E-state index contributed by atoms with van der Waals surface area (Å²) in [7, 11) is 0. The van der Waals surface area contributed by atoms with Crippen LogP contribution in [0.5, 0.6) is 0 Å². The second-order valence-corrected chi connectivity index (χ2v) is 7.09. The summed E-state index contributed by atoms with van der Waals surface area (Å²) in [4.78, 5) is 13.0. The smallest absolute Gasteiger partial charge is 0.220 e. The van der Waals surface area contributed by atoms with E-state index in [-0.39, 0.29) is 12.5 Å². The summed E-state index contributed by atoms with van der Waals surface area (Å²) >= 11 is 7.49. The van der Waals surface area contributed by atoms with Crippen LogP contribution in [0.2, 0.25) is 5.02 Å². The Morgan fingerprint density at radius 2 is 2.00 bits per heavy atom. The lowest BCUT2D eigenvalue weighted by Crippen LogP contribution is -2.31. The van der Waals surface area contributed by atoms with Gasteiger partial charge in [-0.3, -0.25) is 4.79 Å². The van der Waals surface area contributed by atoms with Gasteiger partial charge in [-0.1, -0.05) is 18.0 Å². The average Bonchev–Trinajstić information content (AvgIpc) is 2.95. The highest BCUT2D eigenvalue weighted by Crippen LogP contribution is 2.30. The number of carbonyl (C=O) groups excluding carboxylic acids is 1. The summed E-state index contributed by atoms with van der Waals surface area (Å²) in [5, 5.41) is 13.0. The molecule has 0 saturated heterocycles. The molecule has 0 heterocycles. The molecule has 1 aromatic carbocycles. The van der Waals surface area contributed by atoms with Gasteiger partial charge in [0.25, 0.3) is 0 Å². The molecule has 2 N–H and O–H groups in total. The molecule has 0 aliphatic heterocycles. The summed E-state index contributed by atoms with van der Waals surface area (Å²) in [5.41, 5.74) is 0. The molecule has 2 atom stereocenters. The third-order valence-corrected chi connectivity index (χ3v) is 5.29. The molecular formula is C16H22ClNO2S. The fraction of sp³-hybridized carbons (Fsp3) is 0.562. The van der Waals surface area contributed by atoms with Gasteiger partial charge in [0, 0.05) is 35.2 Å². The van der Waals surface area contributed by atoms with Crippen molar-refractivity contribution in [3.8, 4) is 0 Å². The second kappa shape index (κ2) is 8.66. The van der Waals surface area contributed by atoms with Gasteiger partial charge >= 0.3 is 0 Å². The standard InChI is InChI=1S/C16H22ClNO2S/c17-14-4-6-15(7-5-14)21-9-8-16(20)18-10-12-2-1-3-13(12)11-19/h4-7,12-13,19H,1-3,8-11H2,(H,18,20). The van der Waals surface area contributed by atoms with E-state index in [0.29, 0.717) is 24.8 Å². The van der Waals surface area contributed by atoms with E-state index in [1.807, 2.05) is 24.3 Å². The maximum absolute atomic E-state index is 11.8. The van der Waals surface area contributed by atoms with Crippen LogP contribution in [0.25, 0.3) is 0 Å². The van der Waals surface area contributed by atoms with E-state index in [4.69, 9.17) is 11.6 Å². The number of aliphatic hydroxyl groups excluding tert-OH is 1. The van der Waals surface area contributed by atoms with E-state index in [1.165, 1.54) is 0 Å². The van der Waals surface area contributed by atoms with Crippen LogP contribution in [0.3, 0.4) is 0 Å². The molecule has 0 spiro atoms. The molecule has 1 fully saturated rings. The maximum Gasteiger partial charge on any atom is 0.220 e. The van der Waals surface area contributed by atoms with Crippen LogP contribution in [-0.2, 0) is 4.79 Å². The third kappa shape index (κ3) is 5.53. The number of rotatable bonds is 7. The molecule has 5 heteroatoms. The Balaban J connectivity index is 1.62. The highest BCUT2D eigenvalue weighted by atomic mass is 35.5. The lowest BCUT2D eigenvalue weighted by atomic mass is 9.97. The Bertz CT molecular complexity index is 452. The zero-order valence-corrected chi connectivity index (χ0v) is 13.6. The van der Waals surface area contributed by atoms with Crippen LogP contribution in [0.4, 0.5) is 0 Å². The largest absolute Gasteiger partial charge is 0.396 e. The molecule has 1 aliphatic carbocycles. The van der Waals surface area contributed by atoms with Gasteiger partial charge in [0.2, 0.25) is 5.91 Å². The number of aliphatic hydroxyl groups is 1. The molecule has 0 bridgehead atoms. The SMILES string of the molecule is O=C(CCSc1ccc(Cl)cc1)NCC1CCCC1CO. The summed E-state index contributed by atoms with van der Waals surface area (Å²) in [5.74, 6) is 1.68. The number of carbonyl (C=O) groups is 1. The fourth-order valence-corrected chi connectivity index (χ4v) is 3.73. The van der Waals surface area contributed by atoms with Crippen molar-refractivity contribution < 1.29 is 9.90 Å². The molecule has 0 aromatic heterocycles. The normalized spacial score (nSPS) is 21.4. The molecule has 0 radical (unpaired) electrons. The first-order chi connectivity index (χ1) is 10.2. The molecule has 2 rings (SSSR count). The number of nitrogens with one attached hydrogen (secondary N) is 1. The van der Waals surface area contributed by atoms with Crippen LogP contribution >= 0.6 is 23.4 Å². The Kier molecular flexibility index (Phi) is 6.87. The Labute approximate surface area is 135 Å². The average molecular weight is 328 g/mol. The van der Waals surface area contributed by atoms with E-state index in [0.717, 1.165) is 34.9 Å². The van der Waals surface area contributed by atoms with Gasteiger partial charge in [-0.25, -0.2) is 0 Å². The van der Waals surface area contributed by atoms with Gasteiger partial charge in [-0.05, 0) is 48.9 Å². The molecule has 116 valence electrons.